The third-order valence-electron chi connectivity index (χ3n) is 6.87. The Balaban J connectivity index is 1.21. The number of nitrogens with one attached hydrogen (secondary N) is 1. The van der Waals surface area contributed by atoms with Crippen LogP contribution in [-0.4, -0.2) is 104 Å². The molecule has 4 aromatic heterocycles. The lowest BCUT2D eigenvalue weighted by Crippen LogP contribution is -2.42. The smallest absolute Gasteiger partial charge is 0.325 e. The van der Waals surface area contributed by atoms with E-state index in [-0.39, 0.29) is 34.1 Å². The largest absolute Gasteiger partial charge is 0.393 e. The van der Waals surface area contributed by atoms with E-state index in [1.807, 2.05) is 0 Å². The molecule has 2 fully saturated rings. The van der Waals surface area contributed by atoms with Gasteiger partial charge in [0.2, 0.25) is 5.95 Å². The molecule has 4 aromatic rings. The zero-order valence-electron chi connectivity index (χ0n) is 21.3. The van der Waals surface area contributed by atoms with E-state index in [2.05, 4.69) is 29.9 Å². The lowest BCUT2D eigenvalue weighted by molar-refractivity contribution is -0.120. The van der Waals surface area contributed by atoms with E-state index in [9.17, 15) is 19.9 Å². The molecule has 18 nitrogen and oxygen atoms in total. The molecule has 8 N–H and O–H groups in total. The molecule has 6 heterocycles. The number of imidazole rings is 2. The Kier molecular flexibility index (Phi) is 7.38. The highest BCUT2D eigenvalue weighted by atomic mass is 32.5. The lowest BCUT2D eigenvalue weighted by Gasteiger charge is -2.28. The summed E-state index contributed by atoms with van der Waals surface area (Å²) in [7, 11) is 0. The van der Waals surface area contributed by atoms with Crippen LogP contribution in [0.3, 0.4) is 0 Å². The van der Waals surface area contributed by atoms with Gasteiger partial charge in [0.15, 0.2) is 47.4 Å². The number of alkyl halides is 3. The van der Waals surface area contributed by atoms with Gasteiger partial charge in [-0.2, -0.15) is 4.98 Å². The van der Waals surface area contributed by atoms with Crippen LogP contribution in [0.5, 0.6) is 0 Å². The predicted octanol–water partition coefficient (Wildman–Crippen LogP) is -1.14. The average molecular weight is 650 g/mol. The second-order valence-electron chi connectivity index (χ2n) is 9.52. The minimum atomic E-state index is -4.63. The Labute approximate surface area is 241 Å². The molecule has 43 heavy (non-hydrogen) atoms. The van der Waals surface area contributed by atoms with E-state index in [0.717, 1.165) is 17.2 Å². The maximum Gasteiger partial charge on any atom is 0.325 e. The first-order chi connectivity index (χ1) is 20.3. The number of ether oxygens (including phenoxy) is 2. The fraction of sp³-hybridized carbons (Fsp3) is 0.500. The Bertz CT molecular complexity index is 1790. The van der Waals surface area contributed by atoms with Gasteiger partial charge in [0, 0.05) is 0 Å². The van der Waals surface area contributed by atoms with E-state index in [4.69, 9.17) is 41.8 Å². The topological polar surface area (TPSA) is 257 Å². The van der Waals surface area contributed by atoms with Crippen molar-refractivity contribution in [3.05, 3.63) is 29.3 Å². The van der Waals surface area contributed by atoms with E-state index >= 15 is 13.2 Å². The monoisotopic (exact) mass is 650 g/mol. The Morgan fingerprint density at radius 1 is 1.12 bits per heavy atom. The maximum atomic E-state index is 15.3. The highest BCUT2D eigenvalue weighted by Gasteiger charge is 2.62. The maximum absolute atomic E-state index is 15.3. The number of aromatic nitrogens is 8. The molecular weight excluding hydrogens is 628 g/mol. The zero-order chi connectivity index (χ0) is 30.8. The van der Waals surface area contributed by atoms with Crippen molar-refractivity contribution in [1.29, 1.82) is 0 Å². The van der Waals surface area contributed by atoms with Gasteiger partial charge >= 0.3 is 12.6 Å². The molecule has 0 bridgehead atoms. The number of fused-ring (bicyclic) bond motifs is 2. The third-order valence-corrected chi connectivity index (χ3v) is 8.41. The average Bonchev–Trinajstić information content (AvgIpc) is 3.68. The first kappa shape index (κ1) is 29.7. The van der Waals surface area contributed by atoms with Crippen molar-refractivity contribution in [2.24, 2.45) is 0 Å². The van der Waals surface area contributed by atoms with Gasteiger partial charge in [-0.25, -0.2) is 33.1 Å². The summed E-state index contributed by atoms with van der Waals surface area (Å²) in [6.45, 7) is -6.58. The molecule has 2 aliphatic rings. The van der Waals surface area contributed by atoms with Crippen LogP contribution in [0, 0.1) is 0 Å². The van der Waals surface area contributed by atoms with Crippen LogP contribution in [0.2, 0.25) is 0 Å². The normalized spacial score (nSPS) is 30.3. The first-order valence-electron chi connectivity index (χ1n) is 12.2. The van der Waals surface area contributed by atoms with Crippen LogP contribution in [0.15, 0.2) is 23.8 Å². The van der Waals surface area contributed by atoms with Crippen LogP contribution in [0.1, 0.15) is 12.5 Å². The van der Waals surface area contributed by atoms with Crippen molar-refractivity contribution in [2.45, 2.75) is 49.0 Å². The van der Waals surface area contributed by atoms with Crippen molar-refractivity contribution < 1.29 is 46.8 Å². The van der Waals surface area contributed by atoms with Crippen LogP contribution >= 0.6 is 6.72 Å². The number of aromatic amines is 1. The van der Waals surface area contributed by atoms with Gasteiger partial charge in [-0.15, -0.1) is 0 Å². The van der Waals surface area contributed by atoms with Crippen LogP contribution in [0.4, 0.5) is 24.9 Å². The molecule has 0 spiro atoms. The quantitative estimate of drug-likeness (QED) is 0.123. The summed E-state index contributed by atoms with van der Waals surface area (Å²) in [5.74, 6) is -4.29. The molecule has 0 radical (unpaired) electrons. The number of rotatable bonds is 8. The summed E-state index contributed by atoms with van der Waals surface area (Å²) in [5, 5.41) is 20.0. The van der Waals surface area contributed by atoms with E-state index < -0.39 is 74.5 Å². The number of nitrogens with zero attached hydrogens (tertiary/aromatic N) is 7. The van der Waals surface area contributed by atoms with Crippen LogP contribution < -0.4 is 17.0 Å². The zero-order valence-corrected chi connectivity index (χ0v) is 23.1. The highest BCUT2D eigenvalue weighted by Crippen LogP contribution is 2.54. The Morgan fingerprint density at radius 2 is 1.81 bits per heavy atom. The fourth-order valence-electron chi connectivity index (χ4n) is 4.79. The number of halogens is 3. The summed E-state index contributed by atoms with van der Waals surface area (Å²) in [4.78, 5) is 44.7. The minimum absolute atomic E-state index is 0.0277. The van der Waals surface area contributed by atoms with Crippen molar-refractivity contribution in [1.82, 2.24) is 39.0 Å². The number of anilines is 2. The molecule has 2 aliphatic heterocycles. The van der Waals surface area contributed by atoms with Crippen LogP contribution in [-0.2, 0) is 30.3 Å². The number of hydrogen-bond donors (Lipinski definition) is 6. The van der Waals surface area contributed by atoms with E-state index in [1.54, 1.807) is 0 Å². The highest BCUT2D eigenvalue weighted by molar-refractivity contribution is 8.07. The second kappa shape index (κ2) is 10.7. The predicted molar refractivity (Wildman–Crippen MR) is 140 cm³/mol. The van der Waals surface area contributed by atoms with Gasteiger partial charge in [0.25, 0.3) is 5.56 Å². The van der Waals surface area contributed by atoms with Gasteiger partial charge in [-0.3, -0.25) is 23.4 Å². The summed E-state index contributed by atoms with van der Waals surface area (Å²) in [5.41, 5.74) is 10.3. The number of aliphatic hydroxyl groups excluding tert-OH is 2. The van der Waals surface area contributed by atoms with Gasteiger partial charge in [-0.05, 0) is 11.8 Å². The van der Waals surface area contributed by atoms with Crippen LogP contribution in [0.25, 0.3) is 22.3 Å². The number of aliphatic hydroxyl groups is 2. The molecule has 0 amide bonds. The van der Waals surface area contributed by atoms with Gasteiger partial charge in [-0.1, -0.05) is 0 Å². The summed E-state index contributed by atoms with van der Waals surface area (Å²) in [6, 6.07) is 0. The Hall–Kier alpha value is -3.34. The number of hydrogen-bond acceptors (Lipinski definition) is 15. The standard InChI is InChI=1S/C20H22F3N10O8PS/c21-8-11(35)6(39-17(8)32-4-28-9-13(24)26-3-27-14(9)32)2-38-42(37,43)41-12-18(40-7(1-34)20(12,22)23)33-5-29-10-15(33)30-19(25)31-16(10)36/h3-8,11-12,17-18,34-35H,1-2H2,(H,37,43)(H2,24,26,27)(H3,25,30,31,36)/t6-,7-,8+,11-,12+,17-,18-,42?/m1/s1. The van der Waals surface area contributed by atoms with Crippen molar-refractivity contribution in [3.63, 3.8) is 0 Å². The molecule has 8 atom stereocenters. The van der Waals surface area contributed by atoms with E-state index in [1.165, 1.54) is 10.9 Å². The van der Waals surface area contributed by atoms with Crippen molar-refractivity contribution in [2.75, 3.05) is 24.7 Å². The minimum Gasteiger partial charge on any atom is -0.393 e. The van der Waals surface area contributed by atoms with Gasteiger partial charge < -0.3 is 40.6 Å². The Morgan fingerprint density at radius 3 is 2.53 bits per heavy atom. The molecule has 0 saturated carbocycles. The second-order valence-corrected chi connectivity index (χ2v) is 12.3. The van der Waals surface area contributed by atoms with Crippen molar-refractivity contribution >= 4 is 52.6 Å². The number of H-pyrrole nitrogens is 1. The number of nitrogens with two attached hydrogens (primary N) is 2. The van der Waals surface area contributed by atoms with Crippen molar-refractivity contribution in [3.8, 4) is 0 Å². The van der Waals surface area contributed by atoms with Gasteiger partial charge in [0.1, 0.15) is 30.2 Å². The summed E-state index contributed by atoms with van der Waals surface area (Å²) < 4.78 is 69.1. The molecule has 2 saturated heterocycles. The van der Waals surface area contributed by atoms with Gasteiger partial charge in [0.05, 0.1) is 25.9 Å². The fourth-order valence-corrected chi connectivity index (χ4v) is 6.18. The SMILES string of the molecule is Nc1nc2c(ncn2[C@@H]2O[C@H](CO)C(F)(F)[C@H]2OP(O)(=S)OC[C@H]2O[C@@H](n3cnc4c(N)ncnc43)[C@@H](F)[C@@H]2O)c(=O)[nH]1. The summed E-state index contributed by atoms with van der Waals surface area (Å²) in [6.07, 6.45) is -9.88. The molecule has 0 aliphatic carbocycles. The number of nitrogen functional groups attached to an aromatic ring is 2. The molecule has 23 heteroatoms. The lowest BCUT2D eigenvalue weighted by atomic mass is 10.1. The summed E-state index contributed by atoms with van der Waals surface area (Å²) >= 11 is 4.94. The third kappa shape index (κ3) is 5.03. The molecular formula is C20H22F3N10O8PS. The molecule has 232 valence electrons. The first-order valence-corrected chi connectivity index (χ1v) is 14.8. The molecule has 0 aromatic carbocycles. The van der Waals surface area contributed by atoms with E-state index in [0.29, 0.717) is 0 Å². The molecule has 1 unspecified atom stereocenters. The molecule has 6 rings (SSSR count).